The third-order valence-corrected chi connectivity index (χ3v) is 3.87. The molecule has 0 aromatic carbocycles. The Morgan fingerprint density at radius 3 is 2.68 bits per heavy atom. The summed E-state index contributed by atoms with van der Waals surface area (Å²) in [5, 5.41) is 9.23. The second-order valence-corrected chi connectivity index (χ2v) is 5.51. The van der Waals surface area contributed by atoms with E-state index in [2.05, 4.69) is 6.92 Å². The first-order chi connectivity index (χ1) is 9.06. The van der Waals surface area contributed by atoms with Crippen LogP contribution in [0.25, 0.3) is 0 Å². The van der Waals surface area contributed by atoms with Crippen LogP contribution in [-0.4, -0.2) is 41.0 Å². The van der Waals surface area contributed by atoms with Crippen LogP contribution in [0, 0.1) is 5.92 Å². The van der Waals surface area contributed by atoms with Crippen LogP contribution in [0.15, 0.2) is 0 Å². The lowest BCUT2D eigenvalue weighted by Crippen LogP contribution is -2.44. The highest BCUT2D eigenvalue weighted by atomic mass is 16.4. The van der Waals surface area contributed by atoms with Crippen molar-refractivity contribution >= 4 is 11.9 Å². The topological polar surface area (TPSA) is 83.6 Å². The molecule has 0 aromatic heterocycles. The minimum atomic E-state index is -0.870. The van der Waals surface area contributed by atoms with Crippen molar-refractivity contribution in [3.05, 3.63) is 0 Å². The average Bonchev–Trinajstić information content (AvgIpc) is 2.61. The highest BCUT2D eigenvalue weighted by Crippen LogP contribution is 2.19. The molecule has 110 valence electrons. The Balaban J connectivity index is 2.53. The molecule has 19 heavy (non-hydrogen) atoms. The average molecular weight is 270 g/mol. The van der Waals surface area contributed by atoms with E-state index in [4.69, 9.17) is 5.73 Å². The van der Waals surface area contributed by atoms with Crippen molar-refractivity contribution in [2.24, 2.45) is 11.7 Å². The summed E-state index contributed by atoms with van der Waals surface area (Å²) < 4.78 is 0. The number of nitrogens with zero attached hydrogens (tertiary/aromatic N) is 1. The van der Waals surface area contributed by atoms with Gasteiger partial charge in [0.1, 0.15) is 6.04 Å². The summed E-state index contributed by atoms with van der Waals surface area (Å²) >= 11 is 0. The summed E-state index contributed by atoms with van der Waals surface area (Å²) in [4.78, 5) is 25.0. The molecule has 5 heteroatoms. The smallest absolute Gasteiger partial charge is 0.326 e. The SMILES string of the molecule is CC(CCN)CCC(=O)N1CCCCCC1C(=O)O. The third kappa shape index (κ3) is 5.19. The first-order valence-electron chi connectivity index (χ1n) is 7.28. The maximum absolute atomic E-state index is 12.2. The Kier molecular flexibility index (Phi) is 6.84. The zero-order valence-corrected chi connectivity index (χ0v) is 11.8. The van der Waals surface area contributed by atoms with Gasteiger partial charge in [-0.2, -0.15) is 0 Å². The van der Waals surface area contributed by atoms with Crippen molar-refractivity contribution in [3.8, 4) is 0 Å². The molecule has 1 aliphatic heterocycles. The van der Waals surface area contributed by atoms with Crippen LogP contribution >= 0.6 is 0 Å². The second-order valence-electron chi connectivity index (χ2n) is 5.51. The molecular formula is C14H26N2O3. The lowest BCUT2D eigenvalue weighted by Gasteiger charge is -2.27. The fraction of sp³-hybridized carbons (Fsp3) is 0.857. The van der Waals surface area contributed by atoms with Gasteiger partial charge in [-0.15, -0.1) is 0 Å². The first kappa shape index (κ1) is 16.0. The quantitative estimate of drug-likeness (QED) is 0.768. The number of carboxylic acid groups (broad SMARTS) is 1. The normalized spacial score (nSPS) is 21.8. The fourth-order valence-corrected chi connectivity index (χ4v) is 2.61. The van der Waals surface area contributed by atoms with Gasteiger partial charge in [0.2, 0.25) is 5.91 Å². The van der Waals surface area contributed by atoms with Crippen LogP contribution in [0.2, 0.25) is 0 Å². The minimum absolute atomic E-state index is 0.0156. The summed E-state index contributed by atoms with van der Waals surface area (Å²) in [5.41, 5.74) is 5.49. The number of nitrogens with two attached hydrogens (primary N) is 1. The molecule has 3 N–H and O–H groups in total. The fourth-order valence-electron chi connectivity index (χ4n) is 2.61. The molecule has 1 amide bonds. The minimum Gasteiger partial charge on any atom is -0.480 e. The Labute approximate surface area is 115 Å². The van der Waals surface area contributed by atoms with Gasteiger partial charge < -0.3 is 15.7 Å². The van der Waals surface area contributed by atoms with Crippen LogP contribution in [-0.2, 0) is 9.59 Å². The molecule has 2 unspecified atom stereocenters. The van der Waals surface area contributed by atoms with Crippen LogP contribution in [0.5, 0.6) is 0 Å². The molecule has 0 aliphatic carbocycles. The molecule has 1 heterocycles. The standard InChI is InChI=1S/C14H26N2O3/c1-11(8-9-15)6-7-13(17)16-10-4-2-3-5-12(16)14(18)19/h11-12H,2-10,15H2,1H3,(H,18,19). The number of amides is 1. The molecule has 0 radical (unpaired) electrons. The molecule has 2 atom stereocenters. The van der Waals surface area contributed by atoms with E-state index in [1.165, 1.54) is 0 Å². The summed E-state index contributed by atoms with van der Waals surface area (Å²) in [6.07, 6.45) is 5.54. The van der Waals surface area contributed by atoms with Gasteiger partial charge in [-0.25, -0.2) is 4.79 Å². The van der Waals surface area contributed by atoms with E-state index in [-0.39, 0.29) is 5.91 Å². The lowest BCUT2D eigenvalue weighted by atomic mass is 10.0. The lowest BCUT2D eigenvalue weighted by molar-refractivity contribution is -0.150. The largest absolute Gasteiger partial charge is 0.480 e. The Hall–Kier alpha value is -1.10. The Bertz CT molecular complexity index is 307. The molecule has 1 rings (SSSR count). The van der Waals surface area contributed by atoms with Gasteiger partial charge >= 0.3 is 5.97 Å². The highest BCUT2D eigenvalue weighted by Gasteiger charge is 2.30. The monoisotopic (exact) mass is 270 g/mol. The molecule has 1 aliphatic rings. The number of carbonyl (C=O) groups excluding carboxylic acids is 1. The second kappa shape index (κ2) is 8.15. The highest BCUT2D eigenvalue weighted by molar-refractivity contribution is 5.83. The summed E-state index contributed by atoms with van der Waals surface area (Å²) in [7, 11) is 0. The maximum Gasteiger partial charge on any atom is 0.326 e. The third-order valence-electron chi connectivity index (χ3n) is 3.87. The summed E-state index contributed by atoms with van der Waals surface area (Å²) in [6.45, 7) is 3.30. The number of hydrogen-bond acceptors (Lipinski definition) is 3. The Morgan fingerprint density at radius 1 is 1.32 bits per heavy atom. The number of aliphatic carboxylic acids is 1. The number of carboxylic acids is 1. The van der Waals surface area contributed by atoms with E-state index in [1.54, 1.807) is 4.90 Å². The van der Waals surface area contributed by atoms with Gasteiger partial charge in [-0.1, -0.05) is 19.8 Å². The predicted molar refractivity (Wildman–Crippen MR) is 73.7 cm³/mol. The van der Waals surface area contributed by atoms with Crippen LogP contribution in [0.1, 0.15) is 51.9 Å². The summed E-state index contributed by atoms with van der Waals surface area (Å²) in [6, 6.07) is -0.625. The Morgan fingerprint density at radius 2 is 2.05 bits per heavy atom. The van der Waals surface area contributed by atoms with Crippen LogP contribution in [0.3, 0.4) is 0 Å². The van der Waals surface area contributed by atoms with Crippen molar-refractivity contribution in [3.63, 3.8) is 0 Å². The molecule has 0 spiro atoms. The van der Waals surface area contributed by atoms with Gasteiger partial charge in [-0.3, -0.25) is 4.79 Å². The van der Waals surface area contributed by atoms with E-state index in [0.29, 0.717) is 31.8 Å². The summed E-state index contributed by atoms with van der Waals surface area (Å²) in [5.74, 6) is -0.465. The van der Waals surface area contributed by atoms with Gasteiger partial charge in [0.25, 0.3) is 0 Å². The maximum atomic E-state index is 12.2. The van der Waals surface area contributed by atoms with E-state index >= 15 is 0 Å². The molecule has 0 bridgehead atoms. The molecule has 1 saturated heterocycles. The van der Waals surface area contributed by atoms with Crippen molar-refractivity contribution in [2.45, 2.75) is 57.9 Å². The number of likely N-dealkylation sites (tertiary alicyclic amines) is 1. The van der Waals surface area contributed by atoms with Crippen molar-refractivity contribution < 1.29 is 14.7 Å². The van der Waals surface area contributed by atoms with Crippen LogP contribution < -0.4 is 5.73 Å². The number of rotatable bonds is 6. The van der Waals surface area contributed by atoms with Gasteiger partial charge in [0.05, 0.1) is 0 Å². The van der Waals surface area contributed by atoms with E-state index in [1.807, 2.05) is 0 Å². The predicted octanol–water partition coefficient (Wildman–Crippen LogP) is 1.61. The number of hydrogen-bond donors (Lipinski definition) is 2. The van der Waals surface area contributed by atoms with Crippen LogP contribution in [0.4, 0.5) is 0 Å². The molecule has 0 aromatic rings. The number of carbonyl (C=O) groups is 2. The molecular weight excluding hydrogens is 244 g/mol. The molecule has 1 fully saturated rings. The van der Waals surface area contributed by atoms with Crippen molar-refractivity contribution in [1.82, 2.24) is 4.90 Å². The van der Waals surface area contributed by atoms with E-state index in [9.17, 15) is 14.7 Å². The van der Waals surface area contributed by atoms with Gasteiger partial charge in [0.15, 0.2) is 0 Å². The van der Waals surface area contributed by atoms with Crippen molar-refractivity contribution in [2.75, 3.05) is 13.1 Å². The van der Waals surface area contributed by atoms with Crippen molar-refractivity contribution in [1.29, 1.82) is 0 Å². The first-order valence-corrected chi connectivity index (χ1v) is 7.28. The molecule has 5 nitrogen and oxygen atoms in total. The van der Waals surface area contributed by atoms with Gasteiger partial charge in [-0.05, 0) is 38.1 Å². The zero-order valence-electron chi connectivity index (χ0n) is 11.8. The van der Waals surface area contributed by atoms with E-state index < -0.39 is 12.0 Å². The van der Waals surface area contributed by atoms with Gasteiger partial charge in [0, 0.05) is 13.0 Å². The molecule has 0 saturated carbocycles. The zero-order chi connectivity index (χ0) is 14.3. The van der Waals surface area contributed by atoms with E-state index in [0.717, 1.165) is 32.1 Å².